The van der Waals surface area contributed by atoms with Crippen molar-refractivity contribution in [2.45, 2.75) is 66.3 Å². The molecule has 3 N–H and O–H groups in total. The highest BCUT2D eigenvalue weighted by Gasteiger charge is 2.51. The van der Waals surface area contributed by atoms with Crippen molar-refractivity contribution in [1.29, 1.82) is 0 Å². The minimum Gasteiger partial charge on any atom is -0.481 e. The molecule has 6 rings (SSSR count). The maximum Gasteiger partial charge on any atom is 0.334 e. The molecule has 248 valence electrons. The van der Waals surface area contributed by atoms with Gasteiger partial charge in [0.05, 0.1) is 47.3 Å². The van der Waals surface area contributed by atoms with Crippen LogP contribution in [0.1, 0.15) is 64.5 Å². The van der Waals surface area contributed by atoms with Crippen molar-refractivity contribution in [2.75, 3.05) is 7.11 Å². The number of fused-ring (bicyclic) bond motifs is 9. The summed E-state index contributed by atoms with van der Waals surface area (Å²) in [5, 5.41) is 15.0. The van der Waals surface area contributed by atoms with E-state index < -0.39 is 23.3 Å². The molecule has 0 radical (unpaired) electrons. The van der Waals surface area contributed by atoms with Gasteiger partial charge in [-0.05, 0) is 85.8 Å². The Bertz CT molecular complexity index is 2040. The molecule has 4 unspecified atom stereocenters. The summed E-state index contributed by atoms with van der Waals surface area (Å²) in [6.45, 7) is 14.4. The average molecular weight is 647 g/mol. The Hall–Kier alpha value is -5.05. The van der Waals surface area contributed by atoms with Crippen molar-refractivity contribution in [3.05, 3.63) is 97.7 Å². The van der Waals surface area contributed by atoms with Crippen LogP contribution < -0.4 is 16.0 Å². The van der Waals surface area contributed by atoms with E-state index >= 15 is 0 Å². The summed E-state index contributed by atoms with van der Waals surface area (Å²) in [5.74, 6) is -2.10. The van der Waals surface area contributed by atoms with E-state index in [0.717, 1.165) is 74.8 Å². The lowest BCUT2D eigenvalue weighted by molar-refractivity contribution is -0.138. The number of hydrogen-bond acceptors (Lipinski definition) is 7. The van der Waals surface area contributed by atoms with E-state index in [4.69, 9.17) is 14.7 Å². The summed E-state index contributed by atoms with van der Waals surface area (Å²) in [7, 11) is 1.32. The Labute approximate surface area is 280 Å². The number of methoxy groups -OCH3 is 1. The average Bonchev–Trinajstić information content (AvgIpc) is 3.71. The van der Waals surface area contributed by atoms with Crippen LogP contribution in [0.4, 0.5) is 0 Å². The Morgan fingerprint density at radius 2 is 1.85 bits per heavy atom. The zero-order valence-electron chi connectivity index (χ0n) is 28.4. The number of aldehydes is 1. The first kappa shape index (κ1) is 32.9. The molecule has 1 aliphatic carbocycles. The van der Waals surface area contributed by atoms with Crippen molar-refractivity contribution in [1.82, 2.24) is 10.3 Å². The van der Waals surface area contributed by atoms with E-state index in [1.165, 1.54) is 12.7 Å². The first-order chi connectivity index (χ1) is 23.0. The molecule has 0 saturated carbocycles. The van der Waals surface area contributed by atoms with Gasteiger partial charge in [-0.15, -0.1) is 0 Å². The van der Waals surface area contributed by atoms with E-state index in [2.05, 4.69) is 42.9 Å². The number of hydrogen-bond donors (Lipinski definition) is 3. The molecule has 0 aromatic carbocycles. The van der Waals surface area contributed by atoms with E-state index in [1.54, 1.807) is 6.08 Å². The highest BCUT2D eigenvalue weighted by molar-refractivity contribution is 6.25. The van der Waals surface area contributed by atoms with Gasteiger partial charge in [-0.25, -0.2) is 9.79 Å². The molecular formula is C39H42N4O5. The van der Waals surface area contributed by atoms with Crippen LogP contribution in [0.25, 0.3) is 18.2 Å². The van der Waals surface area contributed by atoms with Crippen LogP contribution in [0.5, 0.6) is 0 Å². The van der Waals surface area contributed by atoms with Gasteiger partial charge in [0.15, 0.2) is 0 Å². The summed E-state index contributed by atoms with van der Waals surface area (Å²) in [6, 6.07) is -0.155. The first-order valence-corrected chi connectivity index (χ1v) is 16.5. The lowest BCUT2D eigenvalue weighted by Crippen LogP contribution is -2.38. The van der Waals surface area contributed by atoms with Gasteiger partial charge >= 0.3 is 11.9 Å². The zero-order valence-corrected chi connectivity index (χ0v) is 28.4. The lowest BCUT2D eigenvalue weighted by Gasteiger charge is -2.36. The van der Waals surface area contributed by atoms with Crippen molar-refractivity contribution in [3.63, 3.8) is 0 Å². The van der Waals surface area contributed by atoms with Crippen molar-refractivity contribution in [2.24, 2.45) is 27.2 Å². The van der Waals surface area contributed by atoms with E-state index in [-0.39, 0.29) is 18.4 Å². The molecule has 1 aromatic rings. The minimum absolute atomic E-state index is 0.000680. The number of carbonyl (C=O) groups excluding carboxylic acids is 2. The molecule has 1 aromatic heterocycles. The summed E-state index contributed by atoms with van der Waals surface area (Å²) in [4.78, 5) is 51.2. The lowest BCUT2D eigenvalue weighted by atomic mass is 9.64. The van der Waals surface area contributed by atoms with Gasteiger partial charge < -0.3 is 24.9 Å². The molecule has 48 heavy (non-hydrogen) atoms. The largest absolute Gasteiger partial charge is 0.481 e. The third-order valence-corrected chi connectivity index (χ3v) is 10.6. The third kappa shape index (κ3) is 5.21. The van der Waals surface area contributed by atoms with Gasteiger partial charge in [0.25, 0.3) is 0 Å². The molecule has 5 heterocycles. The number of nitrogens with zero attached hydrogens (tertiary/aromatic N) is 2. The molecule has 0 saturated heterocycles. The maximum absolute atomic E-state index is 12.9. The van der Waals surface area contributed by atoms with Crippen LogP contribution in [-0.4, -0.2) is 52.9 Å². The van der Waals surface area contributed by atoms with Gasteiger partial charge in [0, 0.05) is 39.9 Å². The number of aromatic nitrogens is 1. The fourth-order valence-corrected chi connectivity index (χ4v) is 7.73. The van der Waals surface area contributed by atoms with Gasteiger partial charge in [0.1, 0.15) is 6.29 Å². The fraction of sp³-hybridized carbons (Fsp3) is 0.359. The number of nitrogens with one attached hydrogen (secondary N) is 2. The van der Waals surface area contributed by atoms with Crippen molar-refractivity contribution in [3.8, 4) is 0 Å². The number of esters is 1. The Morgan fingerprint density at radius 3 is 2.52 bits per heavy atom. The molecule has 5 aliphatic rings. The number of carboxylic acids is 1. The number of aromatic amines is 1. The topological polar surface area (TPSA) is 133 Å². The van der Waals surface area contributed by atoms with Crippen molar-refractivity contribution >= 4 is 47.9 Å². The second-order valence-corrected chi connectivity index (χ2v) is 13.2. The van der Waals surface area contributed by atoms with Gasteiger partial charge in [-0.1, -0.05) is 45.1 Å². The molecule has 0 spiro atoms. The number of carboxylic acid groups (broad SMARTS) is 1. The summed E-state index contributed by atoms with van der Waals surface area (Å²) >= 11 is 0. The highest BCUT2D eigenvalue weighted by atomic mass is 16.5. The molecule has 4 aliphatic heterocycles. The number of carbonyl (C=O) groups is 3. The zero-order chi connectivity index (χ0) is 34.5. The van der Waals surface area contributed by atoms with Crippen LogP contribution in [0.2, 0.25) is 0 Å². The molecule has 4 atom stereocenters. The molecule has 9 nitrogen and oxygen atoms in total. The molecule has 8 bridgehead atoms. The standard InChI is InChI=1S/C39H42N4O5/c1-8-10-24-21(4)31-18-36-39(6)27(13-11-26(28(39)19-44)38(47)48-7)35(43-36)16-30-20(3)23(9-2)32(40-30)15-29-22(5)25(12-14-37(45)46)34(41-29)17-33(24)42-31/h9,11,13,15-19,21,28,31,40,42H,2,8,10,12,14H2,1,3-7H3,(H,45,46)/b30-16-,32-15-,34-17-,36-18-. The second kappa shape index (κ2) is 12.5. The van der Waals surface area contributed by atoms with Crippen LogP contribution in [0, 0.1) is 24.2 Å². The van der Waals surface area contributed by atoms with E-state index in [9.17, 15) is 19.5 Å². The first-order valence-electron chi connectivity index (χ1n) is 16.5. The normalized spacial score (nSPS) is 29.3. The Morgan fingerprint density at radius 1 is 1.10 bits per heavy atom. The number of H-pyrrole nitrogens is 1. The monoisotopic (exact) mass is 646 g/mol. The Kier molecular flexibility index (Phi) is 8.58. The number of rotatable bonds is 8. The Balaban J connectivity index is 1.65. The predicted molar refractivity (Wildman–Crippen MR) is 188 cm³/mol. The smallest absolute Gasteiger partial charge is 0.334 e. The molecule has 0 fully saturated rings. The van der Waals surface area contributed by atoms with Gasteiger partial charge in [0.2, 0.25) is 0 Å². The van der Waals surface area contributed by atoms with E-state index in [0.29, 0.717) is 23.4 Å². The third-order valence-electron chi connectivity index (χ3n) is 10.6. The quantitative estimate of drug-likeness (QED) is 0.271. The summed E-state index contributed by atoms with van der Waals surface area (Å²) < 4.78 is 5.09. The molecular weight excluding hydrogens is 604 g/mol. The highest BCUT2D eigenvalue weighted by Crippen LogP contribution is 2.53. The SMILES string of the molecule is C=Cc1c(C)/c2[nH]/c1=C\C1=NC(=C\C3=C(CCC)C(C)C(/C=C4N=C(\C=2)C2=CC=C(C(=O)OC)C(C=O)C2\4C)N3)/C(CCC(=O)O)=C1C. The summed E-state index contributed by atoms with van der Waals surface area (Å²) in [6.07, 6.45) is 16.5. The maximum atomic E-state index is 12.9. The van der Waals surface area contributed by atoms with Crippen LogP contribution in [-0.2, 0) is 19.1 Å². The number of aliphatic imine (C=N–C) groups is 2. The van der Waals surface area contributed by atoms with Crippen LogP contribution in [0.3, 0.4) is 0 Å². The number of allylic oxidation sites excluding steroid dienone is 6. The van der Waals surface area contributed by atoms with Crippen LogP contribution >= 0.6 is 0 Å². The van der Waals surface area contributed by atoms with E-state index in [1.807, 2.05) is 45.1 Å². The number of aliphatic carboxylic acids is 1. The fourth-order valence-electron chi connectivity index (χ4n) is 7.73. The number of ether oxygens (including phenoxy) is 1. The molecule has 9 heteroatoms. The van der Waals surface area contributed by atoms with Gasteiger partial charge in [-0.3, -0.25) is 9.79 Å². The predicted octanol–water partition coefficient (Wildman–Crippen LogP) is 4.92. The van der Waals surface area contributed by atoms with Crippen molar-refractivity contribution < 1.29 is 24.2 Å². The van der Waals surface area contributed by atoms with Gasteiger partial charge in [-0.2, -0.15) is 0 Å². The summed E-state index contributed by atoms with van der Waals surface area (Å²) in [5.41, 5.74) is 9.10. The van der Waals surface area contributed by atoms with Crippen LogP contribution in [0.15, 0.2) is 85.8 Å². The second-order valence-electron chi connectivity index (χ2n) is 13.2. The molecule has 0 amide bonds. The minimum atomic E-state index is -0.918.